The van der Waals surface area contributed by atoms with Crippen LogP contribution < -0.4 is 10.1 Å². The van der Waals surface area contributed by atoms with E-state index < -0.39 is 30.0 Å². The van der Waals surface area contributed by atoms with Gasteiger partial charge in [0.1, 0.15) is 11.8 Å². The van der Waals surface area contributed by atoms with Crippen molar-refractivity contribution in [3.8, 4) is 5.75 Å². The lowest BCUT2D eigenvalue weighted by molar-refractivity contribution is -0.274. The molecule has 0 saturated carbocycles. The first-order chi connectivity index (χ1) is 10.7. The van der Waals surface area contributed by atoms with Crippen molar-refractivity contribution in [3.63, 3.8) is 0 Å². The minimum atomic E-state index is -4.82. The van der Waals surface area contributed by atoms with Crippen LogP contribution in [0.3, 0.4) is 0 Å². The number of carbonyl (C=O) groups is 2. The molecule has 0 aliphatic heterocycles. The summed E-state index contributed by atoms with van der Waals surface area (Å²) in [6, 6.07) is 3.79. The highest BCUT2D eigenvalue weighted by molar-refractivity contribution is 5.84. The molecule has 1 rings (SSSR count). The Morgan fingerprint density at radius 2 is 2.04 bits per heavy atom. The molecule has 0 saturated heterocycles. The zero-order valence-corrected chi connectivity index (χ0v) is 12.2. The van der Waals surface area contributed by atoms with E-state index in [9.17, 15) is 22.8 Å². The minimum absolute atomic E-state index is 0.0782. The quantitative estimate of drug-likeness (QED) is 0.756. The van der Waals surface area contributed by atoms with Crippen molar-refractivity contribution in [1.82, 2.24) is 5.32 Å². The maximum Gasteiger partial charge on any atom is 0.573 e. The lowest BCUT2D eigenvalue weighted by Crippen LogP contribution is -2.42. The summed E-state index contributed by atoms with van der Waals surface area (Å²) in [5.41, 5.74) is 0.264. The van der Waals surface area contributed by atoms with E-state index in [0.717, 1.165) is 12.1 Å². The molecule has 9 heteroatoms. The van der Waals surface area contributed by atoms with Crippen molar-refractivity contribution >= 4 is 11.9 Å². The van der Waals surface area contributed by atoms with E-state index in [-0.39, 0.29) is 25.0 Å². The summed E-state index contributed by atoms with van der Waals surface area (Å²) in [6.45, 7) is 0.145. The number of carboxylic acid groups (broad SMARTS) is 1. The maximum absolute atomic E-state index is 12.1. The Bertz CT molecular complexity index is 547. The number of ether oxygens (including phenoxy) is 2. The van der Waals surface area contributed by atoms with Crippen molar-refractivity contribution in [2.75, 3.05) is 13.7 Å². The van der Waals surface area contributed by atoms with Crippen molar-refractivity contribution in [2.45, 2.75) is 25.2 Å². The summed E-state index contributed by atoms with van der Waals surface area (Å²) >= 11 is 0. The number of amides is 1. The molecular weight excluding hydrogens is 319 g/mol. The van der Waals surface area contributed by atoms with Crippen molar-refractivity contribution in [3.05, 3.63) is 29.8 Å². The smallest absolute Gasteiger partial charge is 0.480 e. The molecule has 0 radical (unpaired) electrons. The van der Waals surface area contributed by atoms with E-state index in [2.05, 4.69) is 10.1 Å². The average Bonchev–Trinajstić information content (AvgIpc) is 2.41. The van der Waals surface area contributed by atoms with Gasteiger partial charge in [-0.1, -0.05) is 12.1 Å². The molecule has 1 unspecified atom stereocenters. The number of hydrogen-bond donors (Lipinski definition) is 2. The number of aliphatic carboxylic acids is 1. The summed E-state index contributed by atoms with van der Waals surface area (Å²) in [5, 5.41) is 11.3. The number of carboxylic acids is 1. The number of alkyl halides is 3. The summed E-state index contributed by atoms with van der Waals surface area (Å²) < 4.78 is 44.9. The van der Waals surface area contributed by atoms with E-state index in [0.29, 0.717) is 0 Å². The van der Waals surface area contributed by atoms with Gasteiger partial charge in [-0.15, -0.1) is 13.2 Å². The van der Waals surface area contributed by atoms with Crippen LogP contribution in [-0.4, -0.2) is 43.1 Å². The van der Waals surface area contributed by atoms with Gasteiger partial charge in [-0.25, -0.2) is 4.79 Å². The molecule has 6 nitrogen and oxygen atoms in total. The fourth-order valence-corrected chi connectivity index (χ4v) is 1.78. The first-order valence-corrected chi connectivity index (χ1v) is 6.57. The van der Waals surface area contributed by atoms with Crippen LogP contribution in [0, 0.1) is 0 Å². The molecule has 128 valence electrons. The second-order valence-electron chi connectivity index (χ2n) is 4.61. The molecule has 1 atom stereocenters. The molecular formula is C14H16F3NO5. The first kappa shape index (κ1) is 18.8. The number of hydrogen-bond acceptors (Lipinski definition) is 4. The Morgan fingerprint density at radius 3 is 2.61 bits per heavy atom. The van der Waals surface area contributed by atoms with Crippen LogP contribution in [0.1, 0.15) is 12.0 Å². The monoisotopic (exact) mass is 335 g/mol. The number of halogens is 3. The highest BCUT2D eigenvalue weighted by Crippen LogP contribution is 2.23. The Labute approximate surface area is 130 Å². The van der Waals surface area contributed by atoms with Gasteiger partial charge in [0.25, 0.3) is 0 Å². The van der Waals surface area contributed by atoms with Crippen molar-refractivity contribution in [2.24, 2.45) is 0 Å². The van der Waals surface area contributed by atoms with Crippen molar-refractivity contribution in [1.29, 1.82) is 0 Å². The van der Waals surface area contributed by atoms with Crippen LogP contribution in [0.2, 0.25) is 0 Å². The second kappa shape index (κ2) is 8.37. The molecule has 0 bridgehead atoms. The predicted octanol–water partition coefficient (Wildman–Crippen LogP) is 1.73. The number of methoxy groups -OCH3 is 1. The van der Waals surface area contributed by atoms with Crippen molar-refractivity contribution < 1.29 is 37.3 Å². The third kappa shape index (κ3) is 7.50. The van der Waals surface area contributed by atoms with E-state index in [4.69, 9.17) is 9.84 Å². The molecule has 0 spiro atoms. The number of benzene rings is 1. The fourth-order valence-electron chi connectivity index (χ4n) is 1.78. The maximum atomic E-state index is 12.1. The third-order valence-corrected chi connectivity index (χ3v) is 2.74. The summed E-state index contributed by atoms with van der Waals surface area (Å²) in [7, 11) is 1.40. The summed E-state index contributed by atoms with van der Waals surface area (Å²) in [6.07, 6.45) is -5.02. The topological polar surface area (TPSA) is 84.9 Å². The Kier molecular flexibility index (Phi) is 6.83. The van der Waals surface area contributed by atoms with Crippen LogP contribution in [-0.2, 0) is 20.7 Å². The van der Waals surface area contributed by atoms with Gasteiger partial charge in [-0.05, 0) is 17.7 Å². The summed E-state index contributed by atoms with van der Waals surface area (Å²) in [5.74, 6) is -2.29. The second-order valence-corrected chi connectivity index (χ2v) is 4.61. The van der Waals surface area contributed by atoms with Crippen LogP contribution >= 0.6 is 0 Å². The van der Waals surface area contributed by atoms with Gasteiger partial charge in [0.15, 0.2) is 0 Å². The van der Waals surface area contributed by atoms with Gasteiger partial charge in [-0.2, -0.15) is 0 Å². The number of carbonyl (C=O) groups excluding carboxylic acids is 1. The highest BCUT2D eigenvalue weighted by Gasteiger charge is 2.31. The van der Waals surface area contributed by atoms with E-state index >= 15 is 0 Å². The van der Waals surface area contributed by atoms with Crippen LogP contribution in [0.4, 0.5) is 13.2 Å². The molecule has 1 aromatic rings. The Hall–Kier alpha value is -2.29. The van der Waals surface area contributed by atoms with Gasteiger partial charge in [-0.3, -0.25) is 4.79 Å². The molecule has 1 aromatic carbocycles. The zero-order chi connectivity index (χ0) is 17.5. The summed E-state index contributed by atoms with van der Waals surface area (Å²) in [4.78, 5) is 22.8. The van der Waals surface area contributed by atoms with E-state index in [1.54, 1.807) is 0 Å². The highest BCUT2D eigenvalue weighted by atomic mass is 19.4. The molecule has 0 aliphatic rings. The Balaban J connectivity index is 2.66. The van der Waals surface area contributed by atoms with Gasteiger partial charge in [0.05, 0.1) is 6.42 Å². The molecule has 2 N–H and O–H groups in total. The predicted molar refractivity (Wildman–Crippen MR) is 72.9 cm³/mol. The first-order valence-electron chi connectivity index (χ1n) is 6.57. The molecule has 23 heavy (non-hydrogen) atoms. The molecule has 0 aromatic heterocycles. The Morgan fingerprint density at radius 1 is 1.35 bits per heavy atom. The van der Waals surface area contributed by atoms with Gasteiger partial charge in [0.2, 0.25) is 5.91 Å². The van der Waals surface area contributed by atoms with Gasteiger partial charge < -0.3 is 19.9 Å². The standard InChI is InChI=1S/C14H16F3NO5/c1-22-6-5-11(13(20)21)18-12(19)8-9-3-2-4-10(7-9)23-14(15,16)17/h2-4,7,11H,5-6,8H2,1H3,(H,18,19)(H,20,21). The average molecular weight is 335 g/mol. The fraction of sp³-hybridized carbons (Fsp3) is 0.429. The lowest BCUT2D eigenvalue weighted by atomic mass is 10.1. The van der Waals surface area contributed by atoms with Crippen LogP contribution in [0.5, 0.6) is 5.75 Å². The molecule has 1 amide bonds. The van der Waals surface area contributed by atoms with Gasteiger partial charge >= 0.3 is 12.3 Å². The largest absolute Gasteiger partial charge is 0.573 e. The zero-order valence-electron chi connectivity index (χ0n) is 12.2. The number of rotatable bonds is 8. The number of nitrogens with one attached hydrogen (secondary N) is 1. The van der Waals surface area contributed by atoms with E-state index in [1.807, 2.05) is 0 Å². The molecule has 0 heterocycles. The normalized spacial score (nSPS) is 12.5. The van der Waals surface area contributed by atoms with E-state index in [1.165, 1.54) is 19.2 Å². The van der Waals surface area contributed by atoms with Crippen LogP contribution in [0.25, 0.3) is 0 Å². The lowest BCUT2D eigenvalue weighted by Gasteiger charge is -2.14. The molecule has 0 fully saturated rings. The van der Waals surface area contributed by atoms with Crippen LogP contribution in [0.15, 0.2) is 24.3 Å². The molecule has 0 aliphatic carbocycles. The third-order valence-electron chi connectivity index (χ3n) is 2.74. The SMILES string of the molecule is COCCC(NC(=O)Cc1cccc(OC(F)(F)F)c1)C(=O)O. The van der Waals surface area contributed by atoms with Gasteiger partial charge in [0, 0.05) is 20.1 Å². The minimum Gasteiger partial charge on any atom is -0.480 e.